The molecule has 2 heterocycles. The van der Waals surface area contributed by atoms with E-state index in [4.69, 9.17) is 0 Å². The SMILES string of the molecule is Cc1nc(Nc2ccc(C)c(C)c2)c2c3c(sc2n1)CCC3. The van der Waals surface area contributed by atoms with Gasteiger partial charge in [-0.05, 0) is 68.9 Å². The molecular weight excluding hydrogens is 290 g/mol. The van der Waals surface area contributed by atoms with Gasteiger partial charge in [-0.1, -0.05) is 6.07 Å². The fourth-order valence-corrected chi connectivity index (χ4v) is 4.46. The summed E-state index contributed by atoms with van der Waals surface area (Å²) in [4.78, 5) is 11.9. The molecule has 2 aromatic heterocycles. The Hall–Kier alpha value is -1.94. The van der Waals surface area contributed by atoms with Crippen LogP contribution in [0.1, 0.15) is 33.8 Å². The summed E-state index contributed by atoms with van der Waals surface area (Å²) >= 11 is 1.84. The van der Waals surface area contributed by atoms with Crippen molar-refractivity contribution in [1.82, 2.24) is 9.97 Å². The van der Waals surface area contributed by atoms with Crippen LogP contribution < -0.4 is 5.32 Å². The number of aromatic nitrogens is 2. The van der Waals surface area contributed by atoms with Gasteiger partial charge in [0.1, 0.15) is 16.5 Å². The monoisotopic (exact) mass is 309 g/mol. The summed E-state index contributed by atoms with van der Waals surface area (Å²) in [6.07, 6.45) is 3.61. The Morgan fingerprint density at radius 1 is 1.05 bits per heavy atom. The van der Waals surface area contributed by atoms with Crippen molar-refractivity contribution >= 4 is 33.1 Å². The van der Waals surface area contributed by atoms with E-state index in [1.165, 1.54) is 39.8 Å². The van der Waals surface area contributed by atoms with E-state index in [-0.39, 0.29) is 0 Å². The smallest absolute Gasteiger partial charge is 0.143 e. The molecule has 0 amide bonds. The number of benzene rings is 1. The molecule has 1 aliphatic rings. The molecule has 1 N–H and O–H groups in total. The van der Waals surface area contributed by atoms with Crippen LogP contribution in [0.2, 0.25) is 0 Å². The third-order valence-electron chi connectivity index (χ3n) is 4.45. The molecule has 3 nitrogen and oxygen atoms in total. The number of nitrogens with zero attached hydrogens (tertiary/aromatic N) is 2. The third-order valence-corrected chi connectivity index (χ3v) is 5.63. The van der Waals surface area contributed by atoms with Crippen LogP contribution >= 0.6 is 11.3 Å². The molecule has 0 aliphatic heterocycles. The standard InChI is InChI=1S/C18H19N3S/c1-10-7-8-13(9-11(10)2)21-17-16-14-5-4-6-15(14)22-18(16)20-12(3)19-17/h7-9H,4-6H2,1-3H3,(H,19,20,21). The lowest BCUT2D eigenvalue weighted by atomic mass is 10.1. The maximum Gasteiger partial charge on any atom is 0.143 e. The predicted octanol–water partition coefficient (Wildman–Crippen LogP) is 4.85. The molecule has 0 saturated heterocycles. The molecule has 0 saturated carbocycles. The molecule has 4 rings (SSSR count). The molecule has 112 valence electrons. The van der Waals surface area contributed by atoms with E-state index in [0.29, 0.717) is 0 Å². The van der Waals surface area contributed by atoms with Crippen LogP contribution in [0.3, 0.4) is 0 Å². The van der Waals surface area contributed by atoms with Gasteiger partial charge >= 0.3 is 0 Å². The van der Waals surface area contributed by atoms with E-state index < -0.39 is 0 Å². The number of hydrogen-bond donors (Lipinski definition) is 1. The number of rotatable bonds is 2. The van der Waals surface area contributed by atoms with Crippen LogP contribution in [0, 0.1) is 20.8 Å². The van der Waals surface area contributed by atoms with Gasteiger partial charge in [-0.15, -0.1) is 11.3 Å². The van der Waals surface area contributed by atoms with Crippen molar-refractivity contribution in [2.45, 2.75) is 40.0 Å². The number of thiophene rings is 1. The quantitative estimate of drug-likeness (QED) is 0.735. The largest absolute Gasteiger partial charge is 0.340 e. The van der Waals surface area contributed by atoms with Gasteiger partial charge < -0.3 is 5.32 Å². The second-order valence-corrected chi connectivity index (χ2v) is 7.16. The topological polar surface area (TPSA) is 37.8 Å². The molecule has 4 heteroatoms. The summed E-state index contributed by atoms with van der Waals surface area (Å²) in [6.45, 7) is 6.25. The lowest BCUT2D eigenvalue weighted by Crippen LogP contribution is -1.99. The summed E-state index contributed by atoms with van der Waals surface area (Å²) < 4.78 is 0. The zero-order valence-electron chi connectivity index (χ0n) is 13.2. The minimum absolute atomic E-state index is 0.832. The van der Waals surface area contributed by atoms with Crippen LogP contribution in [0.25, 0.3) is 10.2 Å². The highest BCUT2D eigenvalue weighted by Gasteiger charge is 2.21. The van der Waals surface area contributed by atoms with Gasteiger partial charge in [-0.3, -0.25) is 0 Å². The average Bonchev–Trinajstić information content (AvgIpc) is 3.02. The molecule has 22 heavy (non-hydrogen) atoms. The Bertz CT molecular complexity index is 880. The third kappa shape index (κ3) is 2.18. The van der Waals surface area contributed by atoms with E-state index in [2.05, 4.69) is 47.3 Å². The van der Waals surface area contributed by atoms with Crippen molar-refractivity contribution in [3.63, 3.8) is 0 Å². The molecule has 0 unspecified atom stereocenters. The van der Waals surface area contributed by atoms with E-state index in [9.17, 15) is 0 Å². The Balaban J connectivity index is 1.85. The normalized spacial score (nSPS) is 13.6. The lowest BCUT2D eigenvalue weighted by Gasteiger charge is -2.10. The number of hydrogen-bond acceptors (Lipinski definition) is 4. The minimum Gasteiger partial charge on any atom is -0.340 e. The molecule has 1 aliphatic carbocycles. The summed E-state index contributed by atoms with van der Waals surface area (Å²) in [7, 11) is 0. The first kappa shape index (κ1) is 13.7. The lowest BCUT2D eigenvalue weighted by molar-refractivity contribution is 0.917. The predicted molar refractivity (Wildman–Crippen MR) is 93.4 cm³/mol. The van der Waals surface area contributed by atoms with Gasteiger partial charge in [-0.2, -0.15) is 0 Å². The van der Waals surface area contributed by atoms with Crippen molar-refractivity contribution < 1.29 is 0 Å². The maximum atomic E-state index is 4.68. The Morgan fingerprint density at radius 2 is 1.91 bits per heavy atom. The van der Waals surface area contributed by atoms with Gasteiger partial charge in [0.25, 0.3) is 0 Å². The highest BCUT2D eigenvalue weighted by atomic mass is 32.1. The molecule has 0 radical (unpaired) electrons. The van der Waals surface area contributed by atoms with Crippen LogP contribution in [0.4, 0.5) is 11.5 Å². The van der Waals surface area contributed by atoms with Crippen LogP contribution in [-0.2, 0) is 12.8 Å². The Kier molecular flexibility index (Phi) is 3.15. The molecule has 1 aromatic carbocycles. The first-order valence-electron chi connectivity index (χ1n) is 7.75. The Morgan fingerprint density at radius 3 is 2.73 bits per heavy atom. The van der Waals surface area contributed by atoms with Gasteiger partial charge in [0, 0.05) is 10.6 Å². The summed E-state index contributed by atoms with van der Waals surface area (Å²) in [6, 6.07) is 6.46. The van der Waals surface area contributed by atoms with Crippen molar-refractivity contribution in [2.24, 2.45) is 0 Å². The van der Waals surface area contributed by atoms with Crippen LogP contribution in [0.5, 0.6) is 0 Å². The first-order valence-corrected chi connectivity index (χ1v) is 8.56. The zero-order valence-corrected chi connectivity index (χ0v) is 14.0. The zero-order chi connectivity index (χ0) is 15.3. The highest BCUT2D eigenvalue weighted by molar-refractivity contribution is 7.19. The summed E-state index contributed by atoms with van der Waals surface area (Å²) in [5.74, 6) is 1.80. The molecule has 0 bridgehead atoms. The van der Waals surface area contributed by atoms with Crippen LogP contribution in [-0.4, -0.2) is 9.97 Å². The molecule has 0 spiro atoms. The second-order valence-electron chi connectivity index (χ2n) is 6.08. The van der Waals surface area contributed by atoms with E-state index in [1.807, 2.05) is 18.3 Å². The van der Waals surface area contributed by atoms with Crippen molar-refractivity contribution in [3.8, 4) is 0 Å². The Labute approximate surface area is 134 Å². The fraction of sp³-hybridized carbons (Fsp3) is 0.333. The summed E-state index contributed by atoms with van der Waals surface area (Å²) in [5, 5.41) is 4.76. The molecular formula is C18H19N3S. The van der Waals surface area contributed by atoms with Gasteiger partial charge in [0.15, 0.2) is 0 Å². The van der Waals surface area contributed by atoms with E-state index >= 15 is 0 Å². The summed E-state index contributed by atoms with van der Waals surface area (Å²) in [5.41, 5.74) is 5.17. The molecule has 0 atom stereocenters. The van der Waals surface area contributed by atoms with Gasteiger partial charge in [-0.25, -0.2) is 9.97 Å². The maximum absolute atomic E-state index is 4.68. The molecule has 3 aromatic rings. The first-order chi connectivity index (χ1) is 10.6. The second kappa shape index (κ2) is 5.06. The number of nitrogens with one attached hydrogen (secondary N) is 1. The van der Waals surface area contributed by atoms with Gasteiger partial charge in [0.05, 0.1) is 5.39 Å². The fourth-order valence-electron chi connectivity index (χ4n) is 3.15. The van der Waals surface area contributed by atoms with Crippen LogP contribution in [0.15, 0.2) is 18.2 Å². The minimum atomic E-state index is 0.832. The van der Waals surface area contributed by atoms with Crippen molar-refractivity contribution in [2.75, 3.05) is 5.32 Å². The van der Waals surface area contributed by atoms with Crippen molar-refractivity contribution in [1.29, 1.82) is 0 Å². The number of fused-ring (bicyclic) bond motifs is 3. The van der Waals surface area contributed by atoms with E-state index in [1.54, 1.807) is 0 Å². The molecule has 0 fully saturated rings. The average molecular weight is 309 g/mol. The van der Waals surface area contributed by atoms with Gasteiger partial charge in [0.2, 0.25) is 0 Å². The number of aryl methyl sites for hydroxylation is 5. The number of anilines is 2. The highest BCUT2D eigenvalue weighted by Crippen LogP contribution is 2.40. The van der Waals surface area contributed by atoms with Crippen molar-refractivity contribution in [3.05, 3.63) is 45.6 Å². The van der Waals surface area contributed by atoms with E-state index in [0.717, 1.165) is 28.6 Å².